The quantitative estimate of drug-likeness (QED) is 0.132. The van der Waals surface area contributed by atoms with Crippen molar-refractivity contribution in [3.8, 4) is 133 Å². The molecule has 0 N–H and O–H groups in total. The molecule has 13 heteroatoms. The molecule has 0 amide bonds. The van der Waals surface area contributed by atoms with Crippen LogP contribution in [0.4, 0.5) is 0 Å². The number of nitrogens with zero attached hydrogens (tertiary/aromatic N) is 13. The molecule has 12 aromatic rings. The average Bonchev–Trinajstić information content (AvgIpc) is 4.08. The smallest absolute Gasteiger partial charge is 0.166 e. The first-order valence-electron chi connectivity index (χ1n) is 24.6. The zero-order chi connectivity index (χ0) is 54.0. The number of fused-ring (bicyclic) bond motifs is 3. The number of hydrogen-bond acceptors (Lipinski definition) is 12. The lowest BCUT2D eigenvalue weighted by atomic mass is 9.91. The molecule has 9 aromatic carbocycles. The molecular formula is C66H33N13. The molecule has 79 heavy (non-hydrogen) atoms. The van der Waals surface area contributed by atoms with Gasteiger partial charge < -0.3 is 4.57 Å². The zero-order valence-corrected chi connectivity index (χ0v) is 41.4. The number of para-hydroxylation sites is 1. The molecule has 0 bridgehead atoms. The molecule has 0 unspecified atom stereocenters. The Morgan fingerprint density at radius 2 is 0.582 bits per heavy atom. The van der Waals surface area contributed by atoms with Crippen LogP contribution in [0, 0.1) is 68.0 Å². The Kier molecular flexibility index (Phi) is 12.2. The van der Waals surface area contributed by atoms with Crippen LogP contribution in [0.15, 0.2) is 200 Å². The van der Waals surface area contributed by atoms with Crippen LogP contribution < -0.4 is 0 Å². The lowest BCUT2D eigenvalue weighted by Crippen LogP contribution is -2.07. The number of rotatable bonds is 9. The van der Waals surface area contributed by atoms with Gasteiger partial charge in [-0.15, -0.1) is 0 Å². The van der Waals surface area contributed by atoms with Gasteiger partial charge in [-0.3, -0.25) is 0 Å². The van der Waals surface area contributed by atoms with Gasteiger partial charge in [-0.05, 0) is 71.8 Å². The maximum absolute atomic E-state index is 10.5. The van der Waals surface area contributed by atoms with Crippen molar-refractivity contribution in [2.75, 3.05) is 0 Å². The van der Waals surface area contributed by atoms with Gasteiger partial charge in [-0.25, -0.2) is 29.9 Å². The molecule has 3 aromatic heterocycles. The van der Waals surface area contributed by atoms with Crippen molar-refractivity contribution >= 4 is 21.8 Å². The minimum Gasteiger partial charge on any atom is -0.308 e. The topological polar surface area (TPSA) is 225 Å². The first-order chi connectivity index (χ1) is 38.9. The highest BCUT2D eigenvalue weighted by Crippen LogP contribution is 2.44. The largest absolute Gasteiger partial charge is 0.308 e. The van der Waals surface area contributed by atoms with E-state index in [4.69, 9.17) is 29.9 Å². The standard InChI is InChI=1S/C66H33N13/c67-34-40-28-48(36-69)58(49(29-40)37-70)46-24-26-56-54(32-46)55-33-47(59-50(38-71)30-41(35-68)31-51(59)39-72)25-27-57(55)79(56)60-52(65-75-61(42-14-5-1-6-15-42)73-62(76-65)43-16-7-2-8-17-43)22-13-23-53(60)66-77-63(44-18-9-3-10-19-44)74-64(78-66)45-20-11-4-12-21-45/h1-33H. The van der Waals surface area contributed by atoms with Crippen LogP contribution >= 0.6 is 0 Å². The molecule has 0 fully saturated rings. The SMILES string of the molecule is N#Cc1cc(C#N)c(-c2ccc3c(c2)c2cc(-c4c(C#N)cc(C#N)cc4C#N)ccc2n3-c2c(-c3nc(-c4ccccc4)nc(-c4ccccc4)n3)cccc2-c2nc(-c3ccccc3)nc(-c3ccccc3)n2)c(C#N)c1. The summed E-state index contributed by atoms with van der Waals surface area (Å²) in [6.07, 6.45) is 0. The summed E-state index contributed by atoms with van der Waals surface area (Å²) in [4.78, 5) is 31.1. The van der Waals surface area contributed by atoms with Crippen LogP contribution in [0.25, 0.3) is 118 Å². The van der Waals surface area contributed by atoms with Crippen LogP contribution in [0.3, 0.4) is 0 Å². The third-order valence-corrected chi connectivity index (χ3v) is 13.5. The van der Waals surface area contributed by atoms with Crippen molar-refractivity contribution in [1.82, 2.24) is 34.5 Å². The van der Waals surface area contributed by atoms with E-state index < -0.39 is 0 Å². The Balaban J connectivity index is 1.24. The number of aromatic nitrogens is 7. The second kappa shape index (κ2) is 20.2. The highest BCUT2D eigenvalue weighted by atomic mass is 15.1. The Morgan fingerprint density at radius 3 is 0.873 bits per heavy atom. The molecule has 0 atom stereocenters. The molecule has 0 aliphatic rings. The highest BCUT2D eigenvalue weighted by Gasteiger charge is 2.27. The van der Waals surface area contributed by atoms with Crippen molar-refractivity contribution in [2.24, 2.45) is 0 Å². The van der Waals surface area contributed by atoms with Crippen LogP contribution in [-0.2, 0) is 0 Å². The van der Waals surface area contributed by atoms with Crippen LogP contribution in [0.1, 0.15) is 33.4 Å². The zero-order valence-electron chi connectivity index (χ0n) is 41.4. The molecule has 0 saturated carbocycles. The van der Waals surface area contributed by atoms with Crippen LogP contribution in [0.5, 0.6) is 0 Å². The predicted octanol–water partition coefficient (Wildman–Crippen LogP) is 13.7. The molecule has 0 radical (unpaired) electrons. The second-order valence-corrected chi connectivity index (χ2v) is 18.1. The molecule has 362 valence electrons. The van der Waals surface area contributed by atoms with Crippen molar-refractivity contribution in [1.29, 1.82) is 31.6 Å². The van der Waals surface area contributed by atoms with Gasteiger partial charge in [0.15, 0.2) is 34.9 Å². The van der Waals surface area contributed by atoms with Gasteiger partial charge in [-0.1, -0.05) is 140 Å². The number of hydrogen-bond donors (Lipinski definition) is 0. The molecule has 0 aliphatic heterocycles. The minimum absolute atomic E-state index is 0.137. The Hall–Kier alpha value is -12.3. The first-order valence-corrected chi connectivity index (χ1v) is 24.6. The Morgan fingerprint density at radius 1 is 0.278 bits per heavy atom. The summed E-state index contributed by atoms with van der Waals surface area (Å²) < 4.78 is 2.08. The molecule has 12 rings (SSSR count). The van der Waals surface area contributed by atoms with Crippen LogP contribution in [0.2, 0.25) is 0 Å². The predicted molar refractivity (Wildman–Crippen MR) is 299 cm³/mol. The summed E-state index contributed by atoms with van der Waals surface area (Å²) in [7, 11) is 0. The van der Waals surface area contributed by atoms with E-state index in [0.29, 0.717) is 95.8 Å². The molecule has 13 nitrogen and oxygen atoms in total. The summed E-state index contributed by atoms with van der Waals surface area (Å²) in [5.41, 5.74) is 8.68. The molecular weight excluding hydrogens is 975 g/mol. The molecule has 0 saturated heterocycles. The molecule has 0 spiro atoms. The van der Waals surface area contributed by atoms with E-state index in [1.54, 1.807) is 0 Å². The van der Waals surface area contributed by atoms with Gasteiger partial charge in [0.1, 0.15) is 0 Å². The van der Waals surface area contributed by atoms with Crippen molar-refractivity contribution < 1.29 is 0 Å². The minimum atomic E-state index is 0.137. The van der Waals surface area contributed by atoms with Gasteiger partial charge >= 0.3 is 0 Å². The molecule has 0 aliphatic carbocycles. The monoisotopic (exact) mass is 1010 g/mol. The average molecular weight is 1010 g/mol. The molecule has 3 heterocycles. The van der Waals surface area contributed by atoms with E-state index in [2.05, 4.69) is 41.0 Å². The number of nitriles is 6. The van der Waals surface area contributed by atoms with Crippen LogP contribution in [-0.4, -0.2) is 34.5 Å². The summed E-state index contributed by atoms with van der Waals surface area (Å²) >= 11 is 0. The van der Waals surface area contributed by atoms with E-state index in [1.807, 2.05) is 176 Å². The summed E-state index contributed by atoms with van der Waals surface area (Å²) in [5.74, 6) is 2.40. The lowest BCUT2D eigenvalue weighted by Gasteiger charge is -2.19. The van der Waals surface area contributed by atoms with E-state index in [-0.39, 0.29) is 33.4 Å². The van der Waals surface area contributed by atoms with Crippen molar-refractivity contribution in [3.05, 3.63) is 234 Å². The highest BCUT2D eigenvalue weighted by molar-refractivity contribution is 6.13. The van der Waals surface area contributed by atoms with E-state index in [0.717, 1.165) is 22.3 Å². The second-order valence-electron chi connectivity index (χ2n) is 18.1. The van der Waals surface area contributed by atoms with Crippen molar-refractivity contribution in [2.45, 2.75) is 0 Å². The van der Waals surface area contributed by atoms with E-state index in [9.17, 15) is 31.6 Å². The van der Waals surface area contributed by atoms with E-state index in [1.165, 1.54) is 24.3 Å². The van der Waals surface area contributed by atoms with Crippen molar-refractivity contribution in [3.63, 3.8) is 0 Å². The van der Waals surface area contributed by atoms with Gasteiger partial charge in [-0.2, -0.15) is 31.6 Å². The van der Waals surface area contributed by atoms with Gasteiger partial charge in [0, 0.05) is 55.3 Å². The first kappa shape index (κ1) is 47.7. The normalized spacial score (nSPS) is 10.7. The fourth-order valence-electron chi connectivity index (χ4n) is 9.97. The van der Waals surface area contributed by atoms with Gasteiger partial charge in [0.2, 0.25) is 0 Å². The fourth-order valence-corrected chi connectivity index (χ4v) is 9.97. The van der Waals surface area contributed by atoms with Gasteiger partial charge in [0.05, 0.1) is 86.5 Å². The summed E-state index contributed by atoms with van der Waals surface area (Å²) in [5, 5.41) is 63.2. The maximum Gasteiger partial charge on any atom is 0.166 e. The summed E-state index contributed by atoms with van der Waals surface area (Å²) in [6.45, 7) is 0. The number of benzene rings is 9. The Bertz CT molecular complexity index is 4240. The van der Waals surface area contributed by atoms with Gasteiger partial charge in [0.25, 0.3) is 0 Å². The lowest BCUT2D eigenvalue weighted by molar-refractivity contribution is 1.05. The summed E-state index contributed by atoms with van der Waals surface area (Å²) in [6, 6.07) is 74.6. The van der Waals surface area contributed by atoms with E-state index >= 15 is 0 Å². The Labute approximate surface area is 452 Å². The third kappa shape index (κ3) is 8.65. The fraction of sp³-hybridized carbons (Fsp3) is 0. The maximum atomic E-state index is 10.5. The third-order valence-electron chi connectivity index (χ3n) is 13.5.